The molecule has 0 amide bonds. The molecule has 4 unspecified atom stereocenters. The summed E-state index contributed by atoms with van der Waals surface area (Å²) in [5.74, 6) is 3.24. The van der Waals surface area contributed by atoms with E-state index in [0.717, 1.165) is 23.0 Å². The van der Waals surface area contributed by atoms with Crippen LogP contribution in [0.4, 0.5) is 0 Å². The van der Waals surface area contributed by atoms with E-state index in [4.69, 9.17) is 4.99 Å². The van der Waals surface area contributed by atoms with Gasteiger partial charge in [-0.15, -0.1) is 11.8 Å². The summed E-state index contributed by atoms with van der Waals surface area (Å²) >= 11 is 2.06. The van der Waals surface area contributed by atoms with Gasteiger partial charge in [0, 0.05) is 17.2 Å². The Morgan fingerprint density at radius 2 is 2.00 bits per heavy atom. The third-order valence-corrected chi connectivity index (χ3v) is 8.43. The highest BCUT2D eigenvalue weighted by Gasteiger charge is 2.48. The van der Waals surface area contributed by atoms with Crippen LogP contribution in [0.15, 0.2) is 9.98 Å². The van der Waals surface area contributed by atoms with Gasteiger partial charge in [-0.3, -0.25) is 10.3 Å². The molecule has 3 fully saturated rings. The zero-order chi connectivity index (χ0) is 17.2. The monoisotopic (exact) mass is 361 g/mol. The second kappa shape index (κ2) is 8.12. The van der Waals surface area contributed by atoms with E-state index in [2.05, 4.69) is 35.9 Å². The predicted molar refractivity (Wildman–Crippen MR) is 109 cm³/mol. The minimum atomic E-state index is 0.301. The third-order valence-electron chi connectivity index (χ3n) is 6.92. The van der Waals surface area contributed by atoms with Gasteiger partial charge in [-0.1, -0.05) is 39.5 Å². The SMILES string of the molecule is CC(C)CCCC1CCC(NC2N=CN=C3SC4CCCC4C32)CC1. The van der Waals surface area contributed by atoms with Crippen LogP contribution in [0, 0.1) is 23.7 Å². The standard InChI is InChI=1S/C21H35N3S/c1-14(2)5-3-6-15-9-11-16(12-10-15)24-20-19-17-7-4-8-18(17)25-21(19)23-13-22-20/h13-20,24H,3-12H2,1-2H3. The average Bonchev–Trinajstić information content (AvgIpc) is 3.17. The minimum absolute atomic E-state index is 0.301. The Balaban J connectivity index is 1.26. The van der Waals surface area contributed by atoms with Crippen molar-refractivity contribution in [2.75, 3.05) is 0 Å². The topological polar surface area (TPSA) is 36.8 Å². The molecular weight excluding hydrogens is 326 g/mol. The first-order chi connectivity index (χ1) is 12.2. The van der Waals surface area contributed by atoms with Gasteiger partial charge in [-0.2, -0.15) is 0 Å². The Kier molecular flexibility index (Phi) is 5.86. The third kappa shape index (κ3) is 4.16. The molecule has 0 aromatic rings. The maximum atomic E-state index is 4.78. The van der Waals surface area contributed by atoms with Crippen LogP contribution in [0.1, 0.15) is 78.1 Å². The molecule has 0 bridgehead atoms. The molecule has 25 heavy (non-hydrogen) atoms. The van der Waals surface area contributed by atoms with Crippen molar-refractivity contribution in [1.29, 1.82) is 0 Å². The van der Waals surface area contributed by atoms with Gasteiger partial charge in [0.2, 0.25) is 0 Å². The van der Waals surface area contributed by atoms with Gasteiger partial charge in [0.25, 0.3) is 0 Å². The zero-order valence-corrected chi connectivity index (χ0v) is 16.8. The van der Waals surface area contributed by atoms with Gasteiger partial charge in [0.05, 0.1) is 5.04 Å². The smallest absolute Gasteiger partial charge is 0.112 e. The Morgan fingerprint density at radius 1 is 1.16 bits per heavy atom. The molecule has 3 nitrogen and oxygen atoms in total. The molecule has 2 aliphatic heterocycles. The van der Waals surface area contributed by atoms with Crippen molar-refractivity contribution in [2.24, 2.45) is 33.7 Å². The van der Waals surface area contributed by atoms with Crippen molar-refractivity contribution in [3.05, 3.63) is 0 Å². The minimum Gasteiger partial charge on any atom is -0.292 e. The molecule has 1 saturated heterocycles. The molecule has 140 valence electrons. The largest absolute Gasteiger partial charge is 0.292 e. The summed E-state index contributed by atoms with van der Waals surface area (Å²) < 4.78 is 0. The van der Waals surface area contributed by atoms with Crippen molar-refractivity contribution in [3.8, 4) is 0 Å². The summed E-state index contributed by atoms with van der Waals surface area (Å²) in [5.41, 5.74) is 0. The van der Waals surface area contributed by atoms with Crippen LogP contribution in [0.3, 0.4) is 0 Å². The summed E-state index contributed by atoms with van der Waals surface area (Å²) in [6.45, 7) is 4.69. The number of nitrogens with one attached hydrogen (secondary N) is 1. The number of thioether (sulfide) groups is 1. The number of rotatable bonds is 6. The molecule has 2 heterocycles. The van der Waals surface area contributed by atoms with E-state index in [-0.39, 0.29) is 0 Å². The summed E-state index contributed by atoms with van der Waals surface area (Å²) in [7, 11) is 0. The van der Waals surface area contributed by atoms with E-state index < -0.39 is 0 Å². The molecular formula is C21H35N3S. The maximum absolute atomic E-state index is 4.78. The van der Waals surface area contributed by atoms with Crippen LogP contribution >= 0.6 is 11.8 Å². The van der Waals surface area contributed by atoms with Crippen LogP contribution in [0.2, 0.25) is 0 Å². The first-order valence-corrected chi connectivity index (χ1v) is 11.6. The fraction of sp³-hybridized carbons (Fsp3) is 0.905. The first-order valence-electron chi connectivity index (χ1n) is 10.7. The highest BCUT2D eigenvalue weighted by Crippen LogP contribution is 2.50. The Morgan fingerprint density at radius 3 is 2.80 bits per heavy atom. The number of hydrogen-bond donors (Lipinski definition) is 1. The summed E-state index contributed by atoms with van der Waals surface area (Å²) in [6.07, 6.45) is 16.1. The quantitative estimate of drug-likeness (QED) is 0.700. The lowest BCUT2D eigenvalue weighted by molar-refractivity contribution is 0.235. The van der Waals surface area contributed by atoms with Crippen LogP contribution in [-0.4, -0.2) is 28.8 Å². The predicted octanol–water partition coefficient (Wildman–Crippen LogP) is 5.26. The van der Waals surface area contributed by atoms with E-state index in [9.17, 15) is 0 Å². The molecule has 0 spiro atoms. The summed E-state index contributed by atoms with van der Waals surface area (Å²) in [5, 5.41) is 6.15. The van der Waals surface area contributed by atoms with E-state index in [1.165, 1.54) is 69.3 Å². The van der Waals surface area contributed by atoms with Gasteiger partial charge in [-0.05, 0) is 56.3 Å². The number of hydrogen-bond acceptors (Lipinski definition) is 4. The fourth-order valence-electron chi connectivity index (χ4n) is 5.49. The van der Waals surface area contributed by atoms with Crippen molar-refractivity contribution >= 4 is 23.1 Å². The second-order valence-electron chi connectivity index (χ2n) is 9.16. The van der Waals surface area contributed by atoms with Gasteiger partial charge >= 0.3 is 0 Å². The van der Waals surface area contributed by atoms with Crippen molar-refractivity contribution in [3.63, 3.8) is 0 Å². The first kappa shape index (κ1) is 18.0. The fourth-order valence-corrected chi connectivity index (χ4v) is 7.13. The highest BCUT2D eigenvalue weighted by molar-refractivity contribution is 8.15. The Bertz CT molecular complexity index is 507. The van der Waals surface area contributed by atoms with Crippen molar-refractivity contribution in [2.45, 2.75) is 95.5 Å². The number of fused-ring (bicyclic) bond motifs is 3. The molecule has 0 aromatic carbocycles. The summed E-state index contributed by atoms with van der Waals surface area (Å²) in [6, 6.07) is 0.674. The van der Waals surface area contributed by atoms with Gasteiger partial charge in [-0.25, -0.2) is 4.99 Å². The lowest BCUT2D eigenvalue weighted by Crippen LogP contribution is -2.47. The number of aliphatic imine (C=N–C) groups is 2. The van der Waals surface area contributed by atoms with Crippen molar-refractivity contribution in [1.82, 2.24) is 5.32 Å². The van der Waals surface area contributed by atoms with Crippen LogP contribution < -0.4 is 5.32 Å². The van der Waals surface area contributed by atoms with Gasteiger partial charge in [0.1, 0.15) is 12.5 Å². The highest BCUT2D eigenvalue weighted by atomic mass is 32.2. The molecule has 0 radical (unpaired) electrons. The normalized spacial score (nSPS) is 40.2. The van der Waals surface area contributed by atoms with Crippen LogP contribution in [0.5, 0.6) is 0 Å². The molecule has 2 saturated carbocycles. The lowest BCUT2D eigenvalue weighted by Gasteiger charge is -2.35. The average molecular weight is 362 g/mol. The molecule has 2 aliphatic carbocycles. The van der Waals surface area contributed by atoms with E-state index >= 15 is 0 Å². The van der Waals surface area contributed by atoms with Crippen molar-refractivity contribution < 1.29 is 0 Å². The van der Waals surface area contributed by atoms with Crippen LogP contribution in [0.25, 0.3) is 0 Å². The molecule has 4 rings (SSSR count). The molecule has 0 aromatic heterocycles. The van der Waals surface area contributed by atoms with E-state index in [1.807, 2.05) is 6.34 Å². The maximum Gasteiger partial charge on any atom is 0.112 e. The van der Waals surface area contributed by atoms with Gasteiger partial charge < -0.3 is 0 Å². The Hall–Kier alpha value is -0.350. The van der Waals surface area contributed by atoms with Crippen LogP contribution in [-0.2, 0) is 0 Å². The second-order valence-corrected chi connectivity index (χ2v) is 10.4. The lowest BCUT2D eigenvalue weighted by atomic mass is 9.82. The van der Waals surface area contributed by atoms with E-state index in [0.29, 0.717) is 18.1 Å². The zero-order valence-electron chi connectivity index (χ0n) is 16.0. The molecule has 4 heteroatoms. The molecule has 4 atom stereocenters. The molecule has 4 aliphatic rings. The number of nitrogens with zero attached hydrogens (tertiary/aromatic N) is 2. The van der Waals surface area contributed by atoms with E-state index in [1.54, 1.807) is 0 Å². The summed E-state index contributed by atoms with van der Waals surface area (Å²) in [4.78, 5) is 9.40. The molecule has 1 N–H and O–H groups in total. The van der Waals surface area contributed by atoms with Gasteiger partial charge in [0.15, 0.2) is 0 Å². The Labute approximate surface area is 157 Å².